The quantitative estimate of drug-likeness (QED) is 0.905. The van der Waals surface area contributed by atoms with Crippen molar-refractivity contribution in [1.82, 2.24) is 10.2 Å². The van der Waals surface area contributed by atoms with Crippen LogP contribution in [0.15, 0.2) is 24.3 Å². The van der Waals surface area contributed by atoms with Crippen LogP contribution >= 0.6 is 11.6 Å². The van der Waals surface area contributed by atoms with Crippen LogP contribution in [0.2, 0.25) is 5.02 Å². The van der Waals surface area contributed by atoms with E-state index in [1.165, 1.54) is 0 Å². The lowest BCUT2D eigenvalue weighted by atomic mass is 10.0. The van der Waals surface area contributed by atoms with Gasteiger partial charge in [0.2, 0.25) is 5.91 Å². The zero-order chi connectivity index (χ0) is 14.5. The molecule has 1 saturated heterocycles. The molecule has 110 valence electrons. The number of carbonyl (C=O) groups is 1. The molecule has 0 radical (unpaired) electrons. The highest BCUT2D eigenvalue weighted by atomic mass is 35.5. The average Bonchev–Trinajstić information content (AvgIpc) is 2.86. The van der Waals surface area contributed by atoms with Crippen LogP contribution in [-0.2, 0) is 4.79 Å². The lowest BCUT2D eigenvalue weighted by Gasteiger charge is -2.23. The molecule has 20 heavy (non-hydrogen) atoms. The van der Waals surface area contributed by atoms with Crippen molar-refractivity contribution in [3.8, 4) is 5.75 Å². The number of rotatable bonds is 5. The first kappa shape index (κ1) is 15.1. The van der Waals surface area contributed by atoms with Gasteiger partial charge in [-0.25, -0.2) is 0 Å². The second-order valence-electron chi connectivity index (χ2n) is 5.26. The van der Waals surface area contributed by atoms with E-state index in [2.05, 4.69) is 12.2 Å². The van der Waals surface area contributed by atoms with E-state index in [-0.39, 0.29) is 11.9 Å². The van der Waals surface area contributed by atoms with Gasteiger partial charge < -0.3 is 15.0 Å². The van der Waals surface area contributed by atoms with Gasteiger partial charge in [0.25, 0.3) is 0 Å². The van der Waals surface area contributed by atoms with Gasteiger partial charge in [-0.1, -0.05) is 18.5 Å². The van der Waals surface area contributed by atoms with E-state index in [1.54, 1.807) is 17.0 Å². The maximum atomic E-state index is 12.2. The van der Waals surface area contributed by atoms with Gasteiger partial charge in [-0.05, 0) is 43.1 Å². The van der Waals surface area contributed by atoms with Crippen LogP contribution in [0.3, 0.4) is 0 Å². The van der Waals surface area contributed by atoms with Gasteiger partial charge in [0.1, 0.15) is 12.4 Å². The summed E-state index contributed by atoms with van der Waals surface area (Å²) in [5.41, 5.74) is 0. The van der Waals surface area contributed by atoms with Crippen molar-refractivity contribution in [3.63, 3.8) is 0 Å². The summed E-state index contributed by atoms with van der Waals surface area (Å²) in [6.45, 7) is 4.09. The first-order chi connectivity index (χ1) is 9.58. The van der Waals surface area contributed by atoms with Crippen LogP contribution in [0.4, 0.5) is 0 Å². The van der Waals surface area contributed by atoms with E-state index in [0.717, 1.165) is 18.7 Å². The minimum Gasteiger partial charge on any atom is -0.492 e. The van der Waals surface area contributed by atoms with Crippen molar-refractivity contribution in [2.24, 2.45) is 5.92 Å². The number of ether oxygens (including phenoxy) is 1. The Morgan fingerprint density at radius 2 is 2.15 bits per heavy atom. The van der Waals surface area contributed by atoms with Crippen molar-refractivity contribution in [2.75, 3.05) is 26.7 Å². The van der Waals surface area contributed by atoms with E-state index in [0.29, 0.717) is 24.1 Å². The standard InChI is InChI=1S/C15H21ClN2O2/c1-11-7-8-17-14(11)15(19)18(2)9-10-20-13-5-3-12(16)4-6-13/h3-6,11,14,17H,7-10H2,1-2H3. The highest BCUT2D eigenvalue weighted by Gasteiger charge is 2.31. The SMILES string of the molecule is CC1CCNC1C(=O)N(C)CCOc1ccc(Cl)cc1. The summed E-state index contributed by atoms with van der Waals surface area (Å²) in [5, 5.41) is 3.94. The zero-order valence-electron chi connectivity index (χ0n) is 11.9. The molecule has 1 aromatic carbocycles. The minimum absolute atomic E-state index is 0.0458. The number of hydrogen-bond acceptors (Lipinski definition) is 3. The van der Waals surface area contributed by atoms with Gasteiger partial charge in [0.05, 0.1) is 12.6 Å². The maximum absolute atomic E-state index is 12.2. The fourth-order valence-electron chi connectivity index (χ4n) is 2.34. The minimum atomic E-state index is -0.0458. The van der Waals surface area contributed by atoms with Crippen molar-refractivity contribution in [1.29, 1.82) is 0 Å². The Morgan fingerprint density at radius 3 is 2.75 bits per heavy atom. The molecule has 2 rings (SSSR count). The molecule has 1 aromatic rings. The molecule has 0 spiro atoms. The van der Waals surface area contributed by atoms with Crippen molar-refractivity contribution >= 4 is 17.5 Å². The number of likely N-dealkylation sites (N-methyl/N-ethyl adjacent to an activating group) is 1. The molecule has 0 saturated carbocycles. The molecule has 2 unspecified atom stereocenters. The monoisotopic (exact) mass is 296 g/mol. The number of hydrogen-bond donors (Lipinski definition) is 1. The largest absolute Gasteiger partial charge is 0.492 e. The first-order valence-electron chi connectivity index (χ1n) is 6.94. The number of amides is 1. The van der Waals surface area contributed by atoms with Crippen LogP contribution < -0.4 is 10.1 Å². The van der Waals surface area contributed by atoms with Crippen LogP contribution in [0.1, 0.15) is 13.3 Å². The van der Waals surface area contributed by atoms with E-state index in [9.17, 15) is 4.79 Å². The van der Waals surface area contributed by atoms with E-state index < -0.39 is 0 Å². The summed E-state index contributed by atoms with van der Waals surface area (Å²) in [6.07, 6.45) is 1.06. The number of nitrogens with zero attached hydrogens (tertiary/aromatic N) is 1. The summed E-state index contributed by atoms with van der Waals surface area (Å²) in [4.78, 5) is 14.0. The summed E-state index contributed by atoms with van der Waals surface area (Å²) in [7, 11) is 1.82. The second kappa shape index (κ2) is 6.95. The number of halogens is 1. The molecule has 0 bridgehead atoms. The van der Waals surface area contributed by atoms with Gasteiger partial charge >= 0.3 is 0 Å². The molecule has 1 heterocycles. The third kappa shape index (κ3) is 3.87. The Labute approximate surface area is 125 Å². The molecular formula is C15H21ClN2O2. The fraction of sp³-hybridized carbons (Fsp3) is 0.533. The smallest absolute Gasteiger partial charge is 0.239 e. The highest BCUT2D eigenvalue weighted by Crippen LogP contribution is 2.17. The van der Waals surface area contributed by atoms with Crippen LogP contribution in [0.5, 0.6) is 5.75 Å². The van der Waals surface area contributed by atoms with Gasteiger partial charge in [-0.2, -0.15) is 0 Å². The van der Waals surface area contributed by atoms with Gasteiger partial charge in [-0.3, -0.25) is 4.79 Å². The molecule has 1 amide bonds. The van der Waals surface area contributed by atoms with Crippen LogP contribution in [0, 0.1) is 5.92 Å². The topological polar surface area (TPSA) is 41.6 Å². The molecule has 1 fully saturated rings. The average molecular weight is 297 g/mol. The Balaban J connectivity index is 1.75. The predicted molar refractivity (Wildman–Crippen MR) is 80.2 cm³/mol. The molecule has 5 heteroatoms. The third-order valence-corrected chi connectivity index (χ3v) is 3.94. The van der Waals surface area contributed by atoms with E-state index >= 15 is 0 Å². The number of carbonyl (C=O) groups excluding carboxylic acids is 1. The van der Waals surface area contributed by atoms with Crippen molar-refractivity contribution in [2.45, 2.75) is 19.4 Å². The Kier molecular flexibility index (Phi) is 5.26. The fourth-order valence-corrected chi connectivity index (χ4v) is 2.47. The van der Waals surface area contributed by atoms with Crippen molar-refractivity contribution in [3.05, 3.63) is 29.3 Å². The summed E-state index contributed by atoms with van der Waals surface area (Å²) < 4.78 is 5.60. The normalized spacial score (nSPS) is 21.8. The molecule has 4 nitrogen and oxygen atoms in total. The number of nitrogens with one attached hydrogen (secondary N) is 1. The Morgan fingerprint density at radius 1 is 1.45 bits per heavy atom. The molecular weight excluding hydrogens is 276 g/mol. The second-order valence-corrected chi connectivity index (χ2v) is 5.70. The number of benzene rings is 1. The van der Waals surface area contributed by atoms with Gasteiger partial charge in [-0.15, -0.1) is 0 Å². The third-order valence-electron chi connectivity index (χ3n) is 3.68. The molecule has 0 aliphatic carbocycles. The molecule has 1 N–H and O–H groups in total. The predicted octanol–water partition coefficient (Wildman–Crippen LogP) is 2.18. The molecule has 1 aliphatic rings. The zero-order valence-corrected chi connectivity index (χ0v) is 12.7. The first-order valence-corrected chi connectivity index (χ1v) is 7.32. The van der Waals surface area contributed by atoms with E-state index in [4.69, 9.17) is 16.3 Å². The molecule has 1 aliphatic heterocycles. The van der Waals surface area contributed by atoms with Crippen LogP contribution in [-0.4, -0.2) is 43.6 Å². The summed E-state index contributed by atoms with van der Waals surface area (Å²) in [6, 6.07) is 7.18. The van der Waals surface area contributed by atoms with Crippen molar-refractivity contribution < 1.29 is 9.53 Å². The van der Waals surface area contributed by atoms with Gasteiger partial charge in [0, 0.05) is 12.1 Å². The molecule has 2 atom stereocenters. The maximum Gasteiger partial charge on any atom is 0.239 e. The summed E-state index contributed by atoms with van der Waals surface area (Å²) >= 11 is 5.81. The Bertz CT molecular complexity index is 450. The lowest BCUT2D eigenvalue weighted by Crippen LogP contribution is -2.45. The highest BCUT2D eigenvalue weighted by molar-refractivity contribution is 6.30. The lowest BCUT2D eigenvalue weighted by molar-refractivity contribution is -0.132. The van der Waals surface area contributed by atoms with Gasteiger partial charge in [0.15, 0.2) is 0 Å². The summed E-state index contributed by atoms with van der Waals surface area (Å²) in [5.74, 6) is 1.32. The molecule has 0 aromatic heterocycles. The van der Waals surface area contributed by atoms with E-state index in [1.807, 2.05) is 19.2 Å². The Hall–Kier alpha value is -1.26. The van der Waals surface area contributed by atoms with Crippen LogP contribution in [0.25, 0.3) is 0 Å².